The number of hydrogen-bond acceptors (Lipinski definition) is 8. The normalized spacial score (nSPS) is 14.9. The highest BCUT2D eigenvalue weighted by atomic mass is 16.5. The summed E-state index contributed by atoms with van der Waals surface area (Å²) in [6.07, 6.45) is 5.74. The topological polar surface area (TPSA) is 121 Å². The van der Waals surface area contributed by atoms with Gasteiger partial charge in [-0.1, -0.05) is 30.3 Å². The number of nitrogen functional groups attached to an aromatic ring is 1. The van der Waals surface area contributed by atoms with Crippen LogP contribution in [-0.2, 0) is 9.53 Å². The molecule has 5 aromatic rings. The summed E-state index contributed by atoms with van der Waals surface area (Å²) in [4.78, 5) is 39.3. The van der Waals surface area contributed by atoms with E-state index in [0.717, 1.165) is 13.0 Å². The van der Waals surface area contributed by atoms with Crippen molar-refractivity contribution in [2.24, 2.45) is 0 Å². The van der Waals surface area contributed by atoms with E-state index in [1.54, 1.807) is 55.6 Å². The van der Waals surface area contributed by atoms with E-state index in [9.17, 15) is 9.59 Å². The first kappa shape index (κ1) is 28.8. The summed E-state index contributed by atoms with van der Waals surface area (Å²) in [6, 6.07) is 24.1. The molecule has 0 saturated carbocycles. The molecule has 6 rings (SSSR count). The minimum Gasteiger partial charge on any atom is -0.457 e. The average Bonchev–Trinajstić information content (AvgIpc) is 3.69. The second-order valence-corrected chi connectivity index (χ2v) is 10.6. The van der Waals surface area contributed by atoms with Crippen LogP contribution in [0.5, 0.6) is 11.5 Å². The number of fused-ring (bicyclic) bond motifs is 1. The largest absolute Gasteiger partial charge is 0.457 e. The summed E-state index contributed by atoms with van der Waals surface area (Å²) in [5.74, 6) is 1.31. The highest BCUT2D eigenvalue weighted by molar-refractivity contribution is 6.01. The molecule has 3 aromatic carbocycles. The van der Waals surface area contributed by atoms with Crippen LogP contribution in [0.15, 0.2) is 102 Å². The summed E-state index contributed by atoms with van der Waals surface area (Å²) in [7, 11) is 3.73. The van der Waals surface area contributed by atoms with E-state index in [1.165, 1.54) is 20.4 Å². The number of hydrogen-bond donors (Lipinski definition) is 1. The van der Waals surface area contributed by atoms with Crippen LogP contribution in [0.4, 0.5) is 11.5 Å². The number of nitrogens with zero attached hydrogens (tertiary/aromatic N) is 6. The predicted molar refractivity (Wildman–Crippen MR) is 170 cm³/mol. The molecule has 0 bridgehead atoms. The first-order valence-corrected chi connectivity index (χ1v) is 14.3. The molecule has 0 unspecified atom stereocenters. The van der Waals surface area contributed by atoms with Crippen LogP contribution in [0.1, 0.15) is 6.42 Å². The van der Waals surface area contributed by atoms with E-state index >= 15 is 0 Å². The molecule has 1 fully saturated rings. The fourth-order valence-corrected chi connectivity index (χ4v) is 5.23. The maximum atomic E-state index is 14.0. The van der Waals surface area contributed by atoms with Gasteiger partial charge in [0.25, 0.3) is 0 Å². The molecule has 1 amide bonds. The van der Waals surface area contributed by atoms with E-state index in [1.807, 2.05) is 49.5 Å². The van der Waals surface area contributed by atoms with Gasteiger partial charge >= 0.3 is 5.69 Å². The van der Waals surface area contributed by atoms with Crippen molar-refractivity contribution in [3.63, 3.8) is 0 Å². The molecule has 224 valence electrons. The maximum Gasteiger partial charge on any atom is 0.339 e. The zero-order valence-corrected chi connectivity index (χ0v) is 24.5. The van der Waals surface area contributed by atoms with E-state index in [4.69, 9.17) is 15.2 Å². The highest BCUT2D eigenvalue weighted by Gasteiger charge is 2.22. The maximum absolute atomic E-state index is 14.0. The predicted octanol–water partition coefficient (Wildman–Crippen LogP) is 4.19. The first-order chi connectivity index (χ1) is 21.4. The molecule has 2 aromatic heterocycles. The highest BCUT2D eigenvalue weighted by Crippen LogP contribution is 2.27. The van der Waals surface area contributed by atoms with Gasteiger partial charge in [-0.15, -0.1) is 0 Å². The van der Waals surface area contributed by atoms with Crippen molar-refractivity contribution in [2.45, 2.75) is 12.5 Å². The Morgan fingerprint density at radius 1 is 1.00 bits per heavy atom. The van der Waals surface area contributed by atoms with E-state index < -0.39 is 0 Å². The summed E-state index contributed by atoms with van der Waals surface area (Å²) in [6.45, 7) is 2.13. The molecule has 44 heavy (non-hydrogen) atoms. The van der Waals surface area contributed by atoms with Gasteiger partial charge in [-0.2, -0.15) is 0 Å². The standard InChI is InChI=1S/C33H33N7O4/c1-37(26-17-19-43-21-26)18-7-12-29(41)38(2)24-8-6-9-25(20-24)40-32-30(31(34)35-22-36-32)39(33(40)42)23-13-15-28(16-14-23)44-27-10-4-3-5-11-27/h3-16,20,22,26H,17-19,21H2,1-2H3,(H2,34,35,36)/t26-/m1/s1. The van der Waals surface area contributed by atoms with Gasteiger partial charge in [0.05, 0.1) is 18.0 Å². The van der Waals surface area contributed by atoms with E-state index in [0.29, 0.717) is 58.9 Å². The molecule has 3 heterocycles. The SMILES string of the molecule is CN(C(=O)C=CCN(C)[C@@H]1CCOC1)c1cccc(-n2c(=O)n(-c3ccc(Oc4ccccc4)cc3)c3c(N)ncnc32)c1. The molecule has 0 spiro atoms. The zero-order chi connectivity index (χ0) is 30.6. The molecule has 0 aliphatic carbocycles. The minimum atomic E-state index is -0.381. The fraction of sp³-hybridized carbons (Fsp3) is 0.212. The number of imidazole rings is 1. The average molecular weight is 592 g/mol. The lowest BCUT2D eigenvalue weighted by molar-refractivity contribution is -0.113. The number of aromatic nitrogens is 4. The Morgan fingerprint density at radius 3 is 2.52 bits per heavy atom. The summed E-state index contributed by atoms with van der Waals surface area (Å²) < 4.78 is 14.3. The quantitative estimate of drug-likeness (QED) is 0.254. The van der Waals surface area contributed by atoms with Crippen LogP contribution in [0.3, 0.4) is 0 Å². The molecule has 1 atom stereocenters. The minimum absolute atomic E-state index is 0.165. The number of carbonyl (C=O) groups is 1. The Kier molecular flexibility index (Phi) is 8.22. The van der Waals surface area contributed by atoms with E-state index in [2.05, 4.69) is 14.9 Å². The van der Waals surface area contributed by atoms with Gasteiger partial charge in [-0.05, 0) is 68.1 Å². The van der Waals surface area contributed by atoms with Gasteiger partial charge in [-0.25, -0.2) is 19.3 Å². The van der Waals surface area contributed by atoms with Crippen molar-refractivity contribution in [1.82, 2.24) is 24.0 Å². The van der Waals surface area contributed by atoms with Crippen LogP contribution in [0, 0.1) is 0 Å². The van der Waals surface area contributed by atoms with Crippen LogP contribution in [0.25, 0.3) is 22.5 Å². The lowest BCUT2D eigenvalue weighted by Gasteiger charge is -2.21. The van der Waals surface area contributed by atoms with Crippen LogP contribution >= 0.6 is 0 Å². The van der Waals surface area contributed by atoms with Crippen LogP contribution < -0.4 is 21.1 Å². The van der Waals surface area contributed by atoms with Crippen LogP contribution in [0.2, 0.25) is 0 Å². The molecular weight excluding hydrogens is 558 g/mol. The van der Waals surface area contributed by atoms with Crippen molar-refractivity contribution < 1.29 is 14.3 Å². The molecule has 2 N–H and O–H groups in total. The number of para-hydroxylation sites is 1. The lowest BCUT2D eigenvalue weighted by atomic mass is 10.2. The monoisotopic (exact) mass is 591 g/mol. The van der Waals surface area contributed by atoms with Gasteiger partial charge in [0.2, 0.25) is 5.91 Å². The van der Waals surface area contributed by atoms with Crippen molar-refractivity contribution in [3.8, 4) is 22.9 Å². The second-order valence-electron chi connectivity index (χ2n) is 10.6. The third-order valence-electron chi connectivity index (χ3n) is 7.71. The van der Waals surface area contributed by atoms with Crippen molar-refractivity contribution in [2.75, 3.05) is 44.5 Å². The Labute approximate surface area is 254 Å². The fourth-order valence-electron chi connectivity index (χ4n) is 5.23. The Balaban J connectivity index is 1.29. The summed E-state index contributed by atoms with van der Waals surface area (Å²) >= 11 is 0. The smallest absolute Gasteiger partial charge is 0.339 e. The number of rotatable bonds is 9. The molecule has 0 radical (unpaired) electrons. The van der Waals surface area contributed by atoms with Gasteiger partial charge in [-0.3, -0.25) is 14.3 Å². The third-order valence-corrected chi connectivity index (χ3v) is 7.71. The van der Waals surface area contributed by atoms with Crippen LogP contribution in [-0.4, -0.2) is 69.8 Å². The van der Waals surface area contributed by atoms with Gasteiger partial charge in [0, 0.05) is 38.0 Å². The third kappa shape index (κ3) is 5.83. The van der Waals surface area contributed by atoms with E-state index in [-0.39, 0.29) is 17.4 Å². The number of anilines is 2. The van der Waals surface area contributed by atoms with Gasteiger partial charge < -0.3 is 20.1 Å². The van der Waals surface area contributed by atoms with Gasteiger partial charge in [0.1, 0.15) is 23.3 Å². The Hall–Kier alpha value is -5.26. The number of likely N-dealkylation sites (N-methyl/N-ethyl adjacent to an activating group) is 2. The van der Waals surface area contributed by atoms with Crippen molar-refractivity contribution in [1.29, 1.82) is 0 Å². The van der Waals surface area contributed by atoms with Gasteiger partial charge in [0.15, 0.2) is 11.5 Å². The second kappa shape index (κ2) is 12.5. The lowest BCUT2D eigenvalue weighted by Crippen LogP contribution is -2.32. The Bertz CT molecular complexity index is 1860. The first-order valence-electron chi connectivity index (χ1n) is 14.3. The summed E-state index contributed by atoms with van der Waals surface area (Å²) in [5, 5.41) is 0. The number of carbonyl (C=O) groups excluding carboxylic acids is 1. The van der Waals surface area contributed by atoms with Crippen molar-refractivity contribution >= 4 is 28.6 Å². The number of benzene rings is 3. The number of nitrogens with two attached hydrogens (primary N) is 1. The Morgan fingerprint density at radius 2 is 1.77 bits per heavy atom. The van der Waals surface area contributed by atoms with Crippen molar-refractivity contribution in [3.05, 3.63) is 108 Å². The molecule has 1 aliphatic heterocycles. The number of ether oxygens (including phenoxy) is 2. The molecule has 1 saturated heterocycles. The summed E-state index contributed by atoms with van der Waals surface area (Å²) in [5.41, 5.74) is 8.36. The number of amides is 1. The molecular formula is C33H33N7O4. The molecule has 11 nitrogen and oxygen atoms in total. The molecule has 1 aliphatic rings. The zero-order valence-electron chi connectivity index (χ0n) is 24.5. The molecule has 11 heteroatoms.